The molecule has 2 fully saturated rings. The summed E-state index contributed by atoms with van der Waals surface area (Å²) in [7, 11) is 0. The van der Waals surface area contributed by atoms with Crippen LogP contribution in [0.15, 0.2) is 18.3 Å². The number of nitrogens with one attached hydrogen (secondary N) is 3. The van der Waals surface area contributed by atoms with Gasteiger partial charge in [-0.15, -0.1) is 10.2 Å². The van der Waals surface area contributed by atoms with Gasteiger partial charge in [0.15, 0.2) is 11.5 Å². The first-order chi connectivity index (χ1) is 14.5. The van der Waals surface area contributed by atoms with E-state index < -0.39 is 5.91 Å². The van der Waals surface area contributed by atoms with E-state index >= 15 is 0 Å². The lowest BCUT2D eigenvalue weighted by Gasteiger charge is -2.29. The minimum absolute atomic E-state index is 0.00751. The first kappa shape index (κ1) is 20.0. The van der Waals surface area contributed by atoms with Gasteiger partial charge in [0, 0.05) is 18.1 Å². The summed E-state index contributed by atoms with van der Waals surface area (Å²) in [5.74, 6) is -0.549. The Morgan fingerprint density at radius 2 is 1.87 bits per heavy atom. The highest BCUT2D eigenvalue weighted by Crippen LogP contribution is 2.22. The monoisotopic (exact) mass is 411 g/mol. The van der Waals surface area contributed by atoms with Crippen molar-refractivity contribution in [3.8, 4) is 0 Å². The SMILES string of the molecule is NC(=O)c1nnc(N[C@@H]2CCCC[C@@H]2N)nc1Nc1ccc(C(=O)NC2CC2)nc1. The lowest BCUT2D eigenvalue weighted by atomic mass is 9.91. The van der Waals surface area contributed by atoms with Crippen LogP contribution in [-0.2, 0) is 0 Å². The van der Waals surface area contributed by atoms with Crippen molar-refractivity contribution >= 4 is 29.3 Å². The van der Waals surface area contributed by atoms with E-state index in [1.54, 1.807) is 12.1 Å². The van der Waals surface area contributed by atoms with E-state index in [0.29, 0.717) is 11.4 Å². The second-order valence-electron chi connectivity index (χ2n) is 7.70. The maximum Gasteiger partial charge on any atom is 0.273 e. The molecule has 0 saturated heterocycles. The standard InChI is InChI=1S/C19H25N9O2/c20-12-3-1-2-4-13(12)25-19-26-17(15(16(21)29)27-28-19)23-11-7-8-14(22-9-11)18(30)24-10-5-6-10/h7-10,12-13H,1-6,20H2,(H2,21,29)(H,24,30)(H2,23,25,26,28)/t12-,13+/m0/s1. The molecule has 11 nitrogen and oxygen atoms in total. The van der Waals surface area contributed by atoms with Gasteiger partial charge in [0.05, 0.1) is 11.9 Å². The first-order valence-corrected chi connectivity index (χ1v) is 10.1. The molecule has 0 aromatic carbocycles. The summed E-state index contributed by atoms with van der Waals surface area (Å²) in [5.41, 5.74) is 12.3. The number of rotatable bonds is 7. The van der Waals surface area contributed by atoms with Crippen LogP contribution in [0.5, 0.6) is 0 Å². The molecule has 11 heteroatoms. The van der Waals surface area contributed by atoms with Crippen LogP contribution in [0.4, 0.5) is 17.5 Å². The molecule has 0 spiro atoms. The number of carbonyl (C=O) groups is 2. The molecule has 4 rings (SSSR count). The average Bonchev–Trinajstić information content (AvgIpc) is 3.54. The van der Waals surface area contributed by atoms with Gasteiger partial charge in [0.1, 0.15) is 5.69 Å². The third kappa shape index (κ3) is 4.79. The number of carbonyl (C=O) groups excluding carboxylic acids is 2. The molecule has 2 aliphatic rings. The summed E-state index contributed by atoms with van der Waals surface area (Å²) < 4.78 is 0. The average molecular weight is 411 g/mol. The third-order valence-electron chi connectivity index (χ3n) is 5.23. The van der Waals surface area contributed by atoms with Gasteiger partial charge < -0.3 is 27.4 Å². The Hall–Kier alpha value is -3.34. The van der Waals surface area contributed by atoms with E-state index in [1.807, 2.05) is 0 Å². The van der Waals surface area contributed by atoms with Crippen molar-refractivity contribution in [2.75, 3.05) is 10.6 Å². The largest absolute Gasteiger partial charge is 0.364 e. The smallest absolute Gasteiger partial charge is 0.273 e. The van der Waals surface area contributed by atoms with Gasteiger partial charge in [-0.2, -0.15) is 4.98 Å². The molecule has 2 heterocycles. The van der Waals surface area contributed by atoms with Crippen molar-refractivity contribution in [3.05, 3.63) is 29.7 Å². The van der Waals surface area contributed by atoms with Crippen molar-refractivity contribution in [1.29, 1.82) is 0 Å². The van der Waals surface area contributed by atoms with Crippen molar-refractivity contribution in [2.24, 2.45) is 11.5 Å². The normalized spacial score (nSPS) is 21.0. The van der Waals surface area contributed by atoms with E-state index in [4.69, 9.17) is 11.5 Å². The lowest BCUT2D eigenvalue weighted by molar-refractivity contribution is 0.0945. The molecule has 0 radical (unpaired) electrons. The number of hydrogen-bond donors (Lipinski definition) is 5. The molecule has 7 N–H and O–H groups in total. The Morgan fingerprint density at radius 1 is 1.07 bits per heavy atom. The molecule has 0 unspecified atom stereocenters. The van der Waals surface area contributed by atoms with Crippen LogP contribution in [0.3, 0.4) is 0 Å². The van der Waals surface area contributed by atoms with Crippen LogP contribution in [0.25, 0.3) is 0 Å². The summed E-state index contributed by atoms with van der Waals surface area (Å²) in [4.78, 5) is 32.3. The predicted molar refractivity (Wildman–Crippen MR) is 110 cm³/mol. The number of amides is 2. The third-order valence-corrected chi connectivity index (χ3v) is 5.23. The van der Waals surface area contributed by atoms with Crippen LogP contribution >= 0.6 is 0 Å². The number of nitrogens with two attached hydrogens (primary N) is 2. The summed E-state index contributed by atoms with van der Waals surface area (Å²) in [6, 6.07) is 3.57. The fourth-order valence-electron chi connectivity index (χ4n) is 3.37. The molecular weight excluding hydrogens is 386 g/mol. The molecule has 2 aromatic rings. The fraction of sp³-hybridized carbons (Fsp3) is 0.474. The molecule has 2 atom stereocenters. The van der Waals surface area contributed by atoms with Crippen molar-refractivity contribution < 1.29 is 9.59 Å². The van der Waals surface area contributed by atoms with Gasteiger partial charge in [0.25, 0.3) is 11.8 Å². The second-order valence-corrected chi connectivity index (χ2v) is 7.70. The molecule has 30 heavy (non-hydrogen) atoms. The van der Waals surface area contributed by atoms with Crippen LogP contribution in [0.2, 0.25) is 0 Å². The predicted octanol–water partition coefficient (Wildman–Crippen LogP) is 0.683. The number of primary amides is 1. The van der Waals surface area contributed by atoms with Crippen molar-refractivity contribution in [2.45, 2.75) is 56.7 Å². The van der Waals surface area contributed by atoms with E-state index in [9.17, 15) is 9.59 Å². The Morgan fingerprint density at radius 3 is 2.53 bits per heavy atom. The molecule has 0 bridgehead atoms. The highest BCUT2D eigenvalue weighted by atomic mass is 16.2. The number of anilines is 3. The van der Waals surface area contributed by atoms with Gasteiger partial charge in [-0.25, -0.2) is 4.98 Å². The molecule has 2 amide bonds. The number of hydrogen-bond acceptors (Lipinski definition) is 9. The summed E-state index contributed by atoms with van der Waals surface area (Å²) in [5, 5.41) is 16.9. The lowest BCUT2D eigenvalue weighted by Crippen LogP contribution is -2.43. The van der Waals surface area contributed by atoms with Gasteiger partial charge >= 0.3 is 0 Å². The van der Waals surface area contributed by atoms with Crippen molar-refractivity contribution in [1.82, 2.24) is 25.5 Å². The first-order valence-electron chi connectivity index (χ1n) is 10.1. The van der Waals surface area contributed by atoms with Gasteiger partial charge in [-0.05, 0) is 37.8 Å². The topological polar surface area (TPSA) is 174 Å². The highest BCUT2D eigenvalue weighted by molar-refractivity contribution is 5.96. The highest BCUT2D eigenvalue weighted by Gasteiger charge is 2.25. The fourth-order valence-corrected chi connectivity index (χ4v) is 3.37. The second kappa shape index (κ2) is 8.57. The maximum absolute atomic E-state index is 12.1. The van der Waals surface area contributed by atoms with E-state index in [1.165, 1.54) is 6.20 Å². The summed E-state index contributed by atoms with van der Waals surface area (Å²) >= 11 is 0. The maximum atomic E-state index is 12.1. The number of aromatic nitrogens is 4. The van der Waals surface area contributed by atoms with E-state index in [2.05, 4.69) is 36.1 Å². The van der Waals surface area contributed by atoms with Crippen LogP contribution in [-0.4, -0.2) is 50.1 Å². The van der Waals surface area contributed by atoms with Gasteiger partial charge in [-0.1, -0.05) is 12.8 Å². The molecule has 158 valence electrons. The van der Waals surface area contributed by atoms with Gasteiger partial charge in [0.2, 0.25) is 5.95 Å². The summed E-state index contributed by atoms with van der Waals surface area (Å²) in [6.07, 6.45) is 7.53. The van der Waals surface area contributed by atoms with E-state index in [0.717, 1.165) is 38.5 Å². The Balaban J connectivity index is 1.49. The zero-order valence-corrected chi connectivity index (χ0v) is 16.5. The van der Waals surface area contributed by atoms with Crippen LogP contribution in [0.1, 0.15) is 59.5 Å². The Bertz CT molecular complexity index is 930. The number of nitrogens with zero attached hydrogens (tertiary/aromatic N) is 4. The zero-order valence-electron chi connectivity index (χ0n) is 16.5. The summed E-state index contributed by atoms with van der Waals surface area (Å²) in [6.45, 7) is 0. The molecular formula is C19H25N9O2. The molecule has 2 aromatic heterocycles. The van der Waals surface area contributed by atoms with Crippen molar-refractivity contribution in [3.63, 3.8) is 0 Å². The minimum Gasteiger partial charge on any atom is -0.364 e. The Labute approximate surface area is 173 Å². The zero-order chi connectivity index (χ0) is 21.1. The molecule has 2 saturated carbocycles. The minimum atomic E-state index is -0.758. The number of pyridine rings is 1. The van der Waals surface area contributed by atoms with Crippen LogP contribution in [0, 0.1) is 0 Å². The molecule has 0 aliphatic heterocycles. The Kier molecular flexibility index (Phi) is 5.70. The van der Waals surface area contributed by atoms with Crippen LogP contribution < -0.4 is 27.4 Å². The van der Waals surface area contributed by atoms with Gasteiger partial charge in [-0.3, -0.25) is 9.59 Å². The molecule has 2 aliphatic carbocycles. The van der Waals surface area contributed by atoms with E-state index in [-0.39, 0.29) is 41.5 Å². The quantitative estimate of drug-likeness (QED) is 0.439.